The number of aryl methyl sites for hydroxylation is 1. The molecule has 0 aromatic carbocycles. The average Bonchev–Trinajstić information content (AvgIpc) is 3.04. The Labute approximate surface area is 148 Å². The molecule has 1 aromatic rings. The molecule has 0 spiro atoms. The number of nitrogens with zero attached hydrogens (tertiary/aromatic N) is 1. The van der Waals surface area contributed by atoms with Gasteiger partial charge in [0.1, 0.15) is 5.69 Å². The molecule has 0 aliphatic heterocycles. The van der Waals surface area contributed by atoms with E-state index in [1.807, 2.05) is 29.8 Å². The van der Waals surface area contributed by atoms with Crippen LogP contribution in [0.4, 0.5) is 0 Å². The molecule has 1 aromatic heterocycles. The van der Waals surface area contributed by atoms with Crippen molar-refractivity contribution >= 4 is 5.97 Å². The standard InChI is InChI=1S/C21H37NO2/c1-4-6-7-8-9-10-11-12-14-19(3)16-18-22-17-13-15-20(22)21(23)24-5-2/h13,15,17,19H,4-12,14,16,18H2,1-3H3. The van der Waals surface area contributed by atoms with Crippen molar-refractivity contribution in [2.75, 3.05) is 6.61 Å². The Morgan fingerprint density at radius 2 is 1.71 bits per heavy atom. The number of hydrogen-bond donors (Lipinski definition) is 0. The summed E-state index contributed by atoms with van der Waals surface area (Å²) in [4.78, 5) is 11.9. The Hall–Kier alpha value is -1.25. The summed E-state index contributed by atoms with van der Waals surface area (Å²) in [5, 5.41) is 0. The van der Waals surface area contributed by atoms with Gasteiger partial charge in [-0.2, -0.15) is 0 Å². The minimum Gasteiger partial charge on any atom is -0.461 e. The molecule has 0 saturated carbocycles. The summed E-state index contributed by atoms with van der Waals surface area (Å²) in [7, 11) is 0. The third kappa shape index (κ3) is 8.56. The first kappa shape index (κ1) is 20.8. The monoisotopic (exact) mass is 335 g/mol. The lowest BCUT2D eigenvalue weighted by molar-refractivity contribution is 0.0513. The fraction of sp³-hybridized carbons (Fsp3) is 0.762. The zero-order valence-corrected chi connectivity index (χ0v) is 16.1. The Morgan fingerprint density at radius 3 is 2.38 bits per heavy atom. The highest BCUT2D eigenvalue weighted by molar-refractivity contribution is 5.87. The van der Waals surface area contributed by atoms with Crippen LogP contribution in [0.25, 0.3) is 0 Å². The van der Waals surface area contributed by atoms with E-state index in [9.17, 15) is 4.79 Å². The van der Waals surface area contributed by atoms with Gasteiger partial charge < -0.3 is 9.30 Å². The van der Waals surface area contributed by atoms with E-state index in [0.29, 0.717) is 18.2 Å². The minimum absolute atomic E-state index is 0.210. The molecule has 3 heteroatoms. The van der Waals surface area contributed by atoms with E-state index in [0.717, 1.165) is 13.0 Å². The molecular formula is C21H37NO2. The van der Waals surface area contributed by atoms with Crippen LogP contribution in [0.1, 0.15) is 95.5 Å². The Bertz CT molecular complexity index is 439. The Kier molecular flexibility index (Phi) is 11.3. The van der Waals surface area contributed by atoms with Crippen LogP contribution in [0.5, 0.6) is 0 Å². The summed E-state index contributed by atoms with van der Waals surface area (Å²) in [6, 6.07) is 3.77. The predicted molar refractivity (Wildman–Crippen MR) is 101 cm³/mol. The van der Waals surface area contributed by atoms with E-state index < -0.39 is 0 Å². The second kappa shape index (κ2) is 13.1. The van der Waals surface area contributed by atoms with Crippen LogP contribution in [-0.2, 0) is 11.3 Å². The summed E-state index contributed by atoms with van der Waals surface area (Å²) >= 11 is 0. The number of carbonyl (C=O) groups is 1. The largest absolute Gasteiger partial charge is 0.461 e. The molecule has 0 amide bonds. The van der Waals surface area contributed by atoms with Crippen LogP contribution in [-0.4, -0.2) is 17.1 Å². The lowest BCUT2D eigenvalue weighted by Crippen LogP contribution is -2.13. The SMILES string of the molecule is CCCCCCCCCCC(C)CCn1cccc1C(=O)OCC. The first-order chi connectivity index (χ1) is 11.7. The van der Waals surface area contributed by atoms with Crippen LogP contribution in [0.3, 0.4) is 0 Å². The van der Waals surface area contributed by atoms with E-state index in [-0.39, 0.29) is 5.97 Å². The van der Waals surface area contributed by atoms with Gasteiger partial charge in [-0.3, -0.25) is 0 Å². The molecule has 3 nitrogen and oxygen atoms in total. The fourth-order valence-corrected chi connectivity index (χ4v) is 3.13. The van der Waals surface area contributed by atoms with Crippen molar-refractivity contribution < 1.29 is 9.53 Å². The molecular weight excluding hydrogens is 298 g/mol. The molecule has 0 bridgehead atoms. The van der Waals surface area contributed by atoms with Gasteiger partial charge in [-0.15, -0.1) is 0 Å². The van der Waals surface area contributed by atoms with Crippen molar-refractivity contribution in [1.82, 2.24) is 4.57 Å². The van der Waals surface area contributed by atoms with Gasteiger partial charge in [-0.05, 0) is 31.4 Å². The van der Waals surface area contributed by atoms with Gasteiger partial charge in [0, 0.05) is 12.7 Å². The molecule has 0 radical (unpaired) electrons. The average molecular weight is 336 g/mol. The summed E-state index contributed by atoms with van der Waals surface area (Å²) in [5.41, 5.74) is 0.677. The summed E-state index contributed by atoms with van der Waals surface area (Å²) < 4.78 is 7.13. The lowest BCUT2D eigenvalue weighted by Gasteiger charge is -2.13. The van der Waals surface area contributed by atoms with E-state index in [2.05, 4.69) is 13.8 Å². The molecule has 0 saturated heterocycles. The normalized spacial score (nSPS) is 12.3. The van der Waals surface area contributed by atoms with Crippen molar-refractivity contribution in [3.63, 3.8) is 0 Å². The van der Waals surface area contributed by atoms with Crippen molar-refractivity contribution in [1.29, 1.82) is 0 Å². The van der Waals surface area contributed by atoms with Crippen LogP contribution in [0.15, 0.2) is 18.3 Å². The number of esters is 1. The van der Waals surface area contributed by atoms with Crippen LogP contribution < -0.4 is 0 Å². The van der Waals surface area contributed by atoms with Gasteiger partial charge in [-0.25, -0.2) is 4.79 Å². The van der Waals surface area contributed by atoms with Crippen molar-refractivity contribution in [2.24, 2.45) is 5.92 Å². The number of hydrogen-bond acceptors (Lipinski definition) is 2. The van der Waals surface area contributed by atoms with Gasteiger partial charge in [0.25, 0.3) is 0 Å². The molecule has 138 valence electrons. The molecule has 1 unspecified atom stereocenters. The first-order valence-electron chi connectivity index (χ1n) is 10.0. The molecule has 1 heterocycles. The number of rotatable bonds is 14. The Morgan fingerprint density at radius 1 is 1.04 bits per heavy atom. The van der Waals surface area contributed by atoms with Crippen molar-refractivity contribution in [3.8, 4) is 0 Å². The summed E-state index contributed by atoms with van der Waals surface area (Å²) in [6.45, 7) is 7.77. The van der Waals surface area contributed by atoms with E-state index in [1.54, 1.807) is 0 Å². The highest BCUT2D eigenvalue weighted by Crippen LogP contribution is 2.17. The van der Waals surface area contributed by atoms with E-state index in [1.165, 1.54) is 57.8 Å². The zero-order valence-electron chi connectivity index (χ0n) is 16.1. The molecule has 0 aliphatic rings. The van der Waals surface area contributed by atoms with Crippen molar-refractivity contribution in [2.45, 2.75) is 91.5 Å². The highest BCUT2D eigenvalue weighted by atomic mass is 16.5. The van der Waals surface area contributed by atoms with E-state index in [4.69, 9.17) is 4.74 Å². The number of unbranched alkanes of at least 4 members (excludes halogenated alkanes) is 7. The van der Waals surface area contributed by atoms with Gasteiger partial charge in [-0.1, -0.05) is 71.6 Å². The molecule has 1 rings (SSSR count). The molecule has 0 fully saturated rings. The van der Waals surface area contributed by atoms with Crippen molar-refractivity contribution in [3.05, 3.63) is 24.0 Å². The van der Waals surface area contributed by atoms with Gasteiger partial charge in [0.15, 0.2) is 0 Å². The summed E-state index contributed by atoms with van der Waals surface area (Å²) in [5.74, 6) is 0.501. The maximum Gasteiger partial charge on any atom is 0.354 e. The molecule has 0 N–H and O–H groups in total. The van der Waals surface area contributed by atoms with Crippen LogP contribution in [0, 0.1) is 5.92 Å². The minimum atomic E-state index is -0.210. The van der Waals surface area contributed by atoms with E-state index >= 15 is 0 Å². The number of ether oxygens (including phenoxy) is 1. The van der Waals surface area contributed by atoms with Gasteiger partial charge in [0.2, 0.25) is 0 Å². The third-order valence-electron chi connectivity index (χ3n) is 4.73. The maximum atomic E-state index is 11.9. The molecule has 24 heavy (non-hydrogen) atoms. The molecule has 1 atom stereocenters. The quantitative estimate of drug-likeness (QED) is 0.298. The third-order valence-corrected chi connectivity index (χ3v) is 4.73. The fourth-order valence-electron chi connectivity index (χ4n) is 3.13. The number of carbonyl (C=O) groups excluding carboxylic acids is 1. The zero-order chi connectivity index (χ0) is 17.6. The second-order valence-corrected chi connectivity index (χ2v) is 6.96. The topological polar surface area (TPSA) is 31.2 Å². The summed E-state index contributed by atoms with van der Waals surface area (Å²) in [6.07, 6.45) is 15.4. The maximum absolute atomic E-state index is 11.9. The van der Waals surface area contributed by atoms with Gasteiger partial charge >= 0.3 is 5.97 Å². The number of aromatic nitrogens is 1. The second-order valence-electron chi connectivity index (χ2n) is 6.96. The smallest absolute Gasteiger partial charge is 0.354 e. The van der Waals surface area contributed by atoms with Gasteiger partial charge in [0.05, 0.1) is 6.61 Å². The lowest BCUT2D eigenvalue weighted by atomic mass is 9.99. The highest BCUT2D eigenvalue weighted by Gasteiger charge is 2.12. The Balaban J connectivity index is 2.13. The predicted octanol–water partition coefficient (Wildman–Crippen LogP) is 6.22. The molecule has 0 aliphatic carbocycles. The first-order valence-corrected chi connectivity index (χ1v) is 10.0. The van der Waals surface area contributed by atoms with Crippen LogP contribution in [0.2, 0.25) is 0 Å². The van der Waals surface area contributed by atoms with Crippen LogP contribution >= 0.6 is 0 Å².